The lowest BCUT2D eigenvalue weighted by Gasteiger charge is -2.16. The zero-order chi connectivity index (χ0) is 11.1. The number of nitrogens with zero attached hydrogens (tertiary/aromatic N) is 1. The van der Waals surface area contributed by atoms with Gasteiger partial charge in [-0.1, -0.05) is 12.1 Å². The minimum Gasteiger partial charge on any atom is -0.392 e. The van der Waals surface area contributed by atoms with Crippen molar-refractivity contribution in [2.24, 2.45) is 0 Å². The van der Waals surface area contributed by atoms with Crippen LogP contribution in [0.1, 0.15) is 11.1 Å². The molecule has 1 aliphatic rings. The molecule has 1 aliphatic heterocycles. The number of anilines is 1. The fraction of sp³-hybridized carbons (Fsp3) is 0.400. The van der Waals surface area contributed by atoms with Crippen molar-refractivity contribution in [1.82, 2.24) is 0 Å². The van der Waals surface area contributed by atoms with Crippen molar-refractivity contribution >= 4 is 15.7 Å². The first kappa shape index (κ1) is 10.4. The van der Waals surface area contributed by atoms with Gasteiger partial charge in [0.1, 0.15) is 0 Å². The predicted octanol–water partition coefficient (Wildman–Crippen LogP) is 0.501. The van der Waals surface area contributed by atoms with Crippen LogP contribution in [-0.4, -0.2) is 26.3 Å². The number of sulfonamides is 1. The largest absolute Gasteiger partial charge is 0.392 e. The van der Waals surface area contributed by atoms with E-state index in [1.54, 1.807) is 12.1 Å². The van der Waals surface area contributed by atoms with Gasteiger partial charge in [-0.3, -0.25) is 4.31 Å². The molecule has 1 heterocycles. The maximum absolute atomic E-state index is 11.4. The van der Waals surface area contributed by atoms with Crippen molar-refractivity contribution in [2.45, 2.75) is 13.0 Å². The summed E-state index contributed by atoms with van der Waals surface area (Å²) >= 11 is 0. The molecule has 0 aliphatic carbocycles. The summed E-state index contributed by atoms with van der Waals surface area (Å²) in [7, 11) is -3.16. The van der Waals surface area contributed by atoms with Crippen LogP contribution < -0.4 is 4.31 Å². The zero-order valence-electron chi connectivity index (χ0n) is 8.47. The molecule has 0 radical (unpaired) electrons. The van der Waals surface area contributed by atoms with Crippen LogP contribution in [0, 0.1) is 0 Å². The van der Waals surface area contributed by atoms with Crippen LogP contribution in [0.5, 0.6) is 0 Å². The standard InChI is InChI=1S/C10H13NO3S/c1-15(13,14)11-5-4-9-6-8(7-12)2-3-10(9)11/h2-3,6,12H,4-5,7H2,1H3. The van der Waals surface area contributed by atoms with E-state index in [1.165, 1.54) is 10.6 Å². The van der Waals surface area contributed by atoms with Gasteiger partial charge < -0.3 is 5.11 Å². The molecule has 1 aromatic carbocycles. The molecule has 0 unspecified atom stereocenters. The van der Waals surface area contributed by atoms with Crippen LogP contribution in [0.4, 0.5) is 5.69 Å². The number of aliphatic hydroxyl groups is 1. The van der Waals surface area contributed by atoms with Crippen LogP contribution in [0.3, 0.4) is 0 Å². The van der Waals surface area contributed by atoms with Crippen molar-refractivity contribution in [3.05, 3.63) is 29.3 Å². The summed E-state index contributed by atoms with van der Waals surface area (Å²) in [5.41, 5.74) is 2.56. The number of fused-ring (bicyclic) bond motifs is 1. The summed E-state index contributed by atoms with van der Waals surface area (Å²) in [6.45, 7) is 0.495. The van der Waals surface area contributed by atoms with Crippen LogP contribution in [-0.2, 0) is 23.1 Å². The van der Waals surface area contributed by atoms with Gasteiger partial charge in [0, 0.05) is 6.54 Å². The second-order valence-corrected chi connectivity index (χ2v) is 5.61. The summed E-state index contributed by atoms with van der Waals surface area (Å²) < 4.78 is 24.3. The molecule has 5 heteroatoms. The molecule has 0 fully saturated rings. The molecular weight excluding hydrogens is 214 g/mol. The molecular formula is C10H13NO3S. The Bertz CT molecular complexity index is 481. The molecule has 1 aromatic rings. The topological polar surface area (TPSA) is 57.6 Å². The summed E-state index contributed by atoms with van der Waals surface area (Å²) in [6, 6.07) is 5.37. The third kappa shape index (κ3) is 1.85. The van der Waals surface area contributed by atoms with Gasteiger partial charge in [0.05, 0.1) is 18.6 Å². The Kier molecular flexibility index (Phi) is 2.44. The maximum Gasteiger partial charge on any atom is 0.232 e. The van der Waals surface area contributed by atoms with Gasteiger partial charge in [-0.05, 0) is 23.6 Å². The Morgan fingerprint density at radius 1 is 1.47 bits per heavy atom. The maximum atomic E-state index is 11.4. The fourth-order valence-electron chi connectivity index (χ4n) is 1.87. The molecule has 0 bridgehead atoms. The van der Waals surface area contributed by atoms with Gasteiger partial charge in [-0.15, -0.1) is 0 Å². The van der Waals surface area contributed by atoms with Crippen LogP contribution >= 0.6 is 0 Å². The quantitative estimate of drug-likeness (QED) is 0.800. The van der Waals surface area contributed by atoms with Crippen molar-refractivity contribution in [3.8, 4) is 0 Å². The first-order valence-electron chi connectivity index (χ1n) is 4.73. The number of rotatable bonds is 2. The first-order valence-corrected chi connectivity index (χ1v) is 6.57. The van der Waals surface area contributed by atoms with E-state index in [-0.39, 0.29) is 6.61 Å². The lowest BCUT2D eigenvalue weighted by molar-refractivity contribution is 0.282. The molecule has 4 nitrogen and oxygen atoms in total. The van der Waals surface area contributed by atoms with Crippen molar-refractivity contribution in [1.29, 1.82) is 0 Å². The average Bonchev–Trinajstić information content (AvgIpc) is 2.59. The highest BCUT2D eigenvalue weighted by atomic mass is 32.2. The van der Waals surface area contributed by atoms with Crippen LogP contribution in [0.2, 0.25) is 0 Å². The highest BCUT2D eigenvalue weighted by Crippen LogP contribution is 2.30. The fourth-order valence-corrected chi connectivity index (χ4v) is 2.83. The van der Waals surface area contributed by atoms with Gasteiger partial charge in [0.25, 0.3) is 0 Å². The highest BCUT2D eigenvalue weighted by Gasteiger charge is 2.25. The smallest absolute Gasteiger partial charge is 0.232 e. The minimum atomic E-state index is -3.16. The highest BCUT2D eigenvalue weighted by molar-refractivity contribution is 7.92. The molecule has 0 spiro atoms. The van der Waals surface area contributed by atoms with Crippen molar-refractivity contribution in [2.75, 3.05) is 17.1 Å². The third-order valence-electron chi connectivity index (χ3n) is 2.58. The molecule has 15 heavy (non-hydrogen) atoms. The Labute approximate surface area is 89.2 Å². The Morgan fingerprint density at radius 3 is 2.80 bits per heavy atom. The average molecular weight is 227 g/mol. The SMILES string of the molecule is CS(=O)(=O)N1CCc2cc(CO)ccc21. The first-order chi connectivity index (χ1) is 7.02. The van der Waals surface area contributed by atoms with Gasteiger partial charge in [0.15, 0.2) is 0 Å². The van der Waals surface area contributed by atoms with Crippen LogP contribution in [0.25, 0.3) is 0 Å². The Balaban J connectivity index is 2.45. The lowest BCUT2D eigenvalue weighted by atomic mass is 10.1. The van der Waals surface area contributed by atoms with Crippen LogP contribution in [0.15, 0.2) is 18.2 Å². The van der Waals surface area contributed by atoms with E-state index in [9.17, 15) is 8.42 Å². The molecule has 82 valence electrons. The summed E-state index contributed by atoms with van der Waals surface area (Å²) in [6.07, 6.45) is 1.93. The van der Waals surface area contributed by atoms with Crippen molar-refractivity contribution in [3.63, 3.8) is 0 Å². The van der Waals surface area contributed by atoms with E-state index >= 15 is 0 Å². The second-order valence-electron chi connectivity index (χ2n) is 3.71. The van der Waals surface area contributed by atoms with Gasteiger partial charge >= 0.3 is 0 Å². The Hall–Kier alpha value is -1.07. The van der Waals surface area contributed by atoms with E-state index in [1.807, 2.05) is 6.07 Å². The molecule has 0 aromatic heterocycles. The van der Waals surface area contributed by atoms with E-state index in [2.05, 4.69) is 0 Å². The summed E-state index contributed by atoms with van der Waals surface area (Å²) in [5, 5.41) is 8.96. The van der Waals surface area contributed by atoms with Gasteiger partial charge in [-0.25, -0.2) is 8.42 Å². The van der Waals surface area contributed by atoms with E-state index < -0.39 is 10.0 Å². The molecule has 0 amide bonds. The molecule has 0 saturated heterocycles. The monoisotopic (exact) mass is 227 g/mol. The number of benzene rings is 1. The second kappa shape index (κ2) is 3.50. The number of hydrogen-bond acceptors (Lipinski definition) is 3. The van der Waals surface area contributed by atoms with Gasteiger partial charge in [0.2, 0.25) is 10.0 Å². The molecule has 1 N–H and O–H groups in total. The Morgan fingerprint density at radius 2 is 2.20 bits per heavy atom. The number of aliphatic hydroxyl groups excluding tert-OH is 1. The summed E-state index contributed by atoms with van der Waals surface area (Å²) in [5.74, 6) is 0. The minimum absolute atomic E-state index is 0.00778. The zero-order valence-corrected chi connectivity index (χ0v) is 9.29. The molecule has 2 rings (SSSR count). The van der Waals surface area contributed by atoms with E-state index in [4.69, 9.17) is 5.11 Å². The molecule has 0 saturated carbocycles. The third-order valence-corrected chi connectivity index (χ3v) is 3.76. The van der Waals surface area contributed by atoms with E-state index in [0.29, 0.717) is 6.54 Å². The van der Waals surface area contributed by atoms with E-state index in [0.717, 1.165) is 23.2 Å². The lowest BCUT2D eigenvalue weighted by Crippen LogP contribution is -2.27. The predicted molar refractivity (Wildman–Crippen MR) is 58.3 cm³/mol. The normalized spacial score (nSPS) is 15.5. The number of hydrogen-bond donors (Lipinski definition) is 1. The van der Waals surface area contributed by atoms with Crippen molar-refractivity contribution < 1.29 is 13.5 Å². The van der Waals surface area contributed by atoms with Gasteiger partial charge in [-0.2, -0.15) is 0 Å². The summed E-state index contributed by atoms with van der Waals surface area (Å²) in [4.78, 5) is 0. The molecule has 0 atom stereocenters.